The minimum absolute atomic E-state index is 0.295. The van der Waals surface area contributed by atoms with Gasteiger partial charge in [-0.25, -0.2) is 15.0 Å². The second-order valence-corrected chi connectivity index (χ2v) is 6.13. The van der Waals surface area contributed by atoms with Gasteiger partial charge in [0.25, 0.3) is 0 Å². The molecule has 3 rings (SSSR count). The number of nitrogens with one attached hydrogen (secondary N) is 2. The summed E-state index contributed by atoms with van der Waals surface area (Å²) >= 11 is 12.0. The molecule has 140 valence electrons. The second-order valence-electron chi connectivity index (χ2n) is 5.28. The van der Waals surface area contributed by atoms with Crippen LogP contribution in [0.1, 0.15) is 0 Å². The number of anilines is 5. The highest BCUT2D eigenvalue weighted by Gasteiger charge is 2.14. The van der Waals surface area contributed by atoms with Crippen LogP contribution in [0.2, 0.25) is 10.0 Å². The van der Waals surface area contributed by atoms with E-state index in [-0.39, 0.29) is 0 Å². The predicted molar refractivity (Wildman–Crippen MR) is 107 cm³/mol. The van der Waals surface area contributed by atoms with Crippen LogP contribution in [0.25, 0.3) is 0 Å². The molecule has 0 unspecified atom stereocenters. The summed E-state index contributed by atoms with van der Waals surface area (Å²) in [5, 5.41) is 7.06. The third kappa shape index (κ3) is 4.24. The summed E-state index contributed by atoms with van der Waals surface area (Å²) in [5.41, 5.74) is 7.06. The molecular weight excluding hydrogens is 391 g/mol. The van der Waals surface area contributed by atoms with Crippen LogP contribution in [0.3, 0.4) is 0 Å². The van der Waals surface area contributed by atoms with Crippen molar-refractivity contribution in [2.75, 3.05) is 30.6 Å². The molecule has 0 fully saturated rings. The van der Waals surface area contributed by atoms with Gasteiger partial charge in [-0.15, -0.1) is 0 Å². The molecule has 0 radical (unpaired) electrons. The van der Waals surface area contributed by atoms with Crippen molar-refractivity contribution in [3.8, 4) is 11.5 Å². The molecule has 0 aliphatic heterocycles. The molecule has 2 heterocycles. The lowest BCUT2D eigenvalue weighted by atomic mass is 10.2. The van der Waals surface area contributed by atoms with E-state index >= 15 is 0 Å². The van der Waals surface area contributed by atoms with Crippen molar-refractivity contribution in [2.45, 2.75) is 0 Å². The van der Waals surface area contributed by atoms with Crippen molar-refractivity contribution in [1.29, 1.82) is 0 Å². The molecule has 2 aromatic heterocycles. The average molecular weight is 407 g/mol. The number of hydrogen-bond acceptors (Lipinski definition) is 8. The molecule has 3 aromatic rings. The SMILES string of the molecule is COc1cc(OC)c(Nc2ncnc(Nc3ccc(Cl)cn3)c2N)cc1Cl. The maximum atomic E-state index is 6.20. The Morgan fingerprint density at radius 3 is 2.26 bits per heavy atom. The van der Waals surface area contributed by atoms with E-state index in [9.17, 15) is 0 Å². The first-order valence-electron chi connectivity index (χ1n) is 7.69. The van der Waals surface area contributed by atoms with Gasteiger partial charge in [0.2, 0.25) is 0 Å². The molecule has 0 spiro atoms. The van der Waals surface area contributed by atoms with E-state index < -0.39 is 0 Å². The van der Waals surface area contributed by atoms with Crippen LogP contribution in [0.5, 0.6) is 11.5 Å². The van der Waals surface area contributed by atoms with Crippen molar-refractivity contribution >= 4 is 52.0 Å². The molecule has 8 nitrogen and oxygen atoms in total. The molecule has 0 saturated carbocycles. The van der Waals surface area contributed by atoms with Gasteiger partial charge in [0.1, 0.15) is 29.3 Å². The van der Waals surface area contributed by atoms with Gasteiger partial charge in [0.05, 0.1) is 30.0 Å². The van der Waals surface area contributed by atoms with E-state index in [1.54, 1.807) is 24.3 Å². The van der Waals surface area contributed by atoms with Gasteiger partial charge in [0, 0.05) is 12.3 Å². The summed E-state index contributed by atoms with van der Waals surface area (Å²) in [6, 6.07) is 6.74. The number of nitrogens with two attached hydrogens (primary N) is 1. The minimum atomic E-state index is 0.295. The van der Waals surface area contributed by atoms with E-state index in [0.29, 0.717) is 50.4 Å². The first kappa shape index (κ1) is 18.8. The van der Waals surface area contributed by atoms with Crippen molar-refractivity contribution in [3.05, 3.63) is 46.8 Å². The first-order chi connectivity index (χ1) is 13.0. The van der Waals surface area contributed by atoms with Gasteiger partial charge >= 0.3 is 0 Å². The summed E-state index contributed by atoms with van der Waals surface area (Å²) < 4.78 is 10.6. The fourth-order valence-electron chi connectivity index (χ4n) is 2.25. The highest BCUT2D eigenvalue weighted by atomic mass is 35.5. The number of halogens is 2. The molecule has 0 amide bonds. The molecule has 0 saturated heterocycles. The highest BCUT2D eigenvalue weighted by molar-refractivity contribution is 6.32. The van der Waals surface area contributed by atoms with Crippen LogP contribution in [0.4, 0.5) is 28.8 Å². The summed E-state index contributed by atoms with van der Waals surface area (Å²) in [7, 11) is 3.06. The zero-order chi connectivity index (χ0) is 19.4. The Hall–Kier alpha value is -2.97. The zero-order valence-corrected chi connectivity index (χ0v) is 16.0. The van der Waals surface area contributed by atoms with Gasteiger partial charge in [-0.3, -0.25) is 0 Å². The summed E-state index contributed by atoms with van der Waals surface area (Å²) in [6.45, 7) is 0. The number of ether oxygens (including phenoxy) is 2. The molecule has 0 bridgehead atoms. The number of nitrogen functional groups attached to an aromatic ring is 1. The number of aromatic nitrogens is 3. The fourth-order valence-corrected chi connectivity index (χ4v) is 2.60. The topological polar surface area (TPSA) is 107 Å². The molecule has 4 N–H and O–H groups in total. The van der Waals surface area contributed by atoms with Crippen molar-refractivity contribution in [3.63, 3.8) is 0 Å². The molecule has 27 heavy (non-hydrogen) atoms. The van der Waals surface area contributed by atoms with E-state index in [4.69, 9.17) is 38.4 Å². The standard InChI is InChI=1S/C17H16Cl2N6O2/c1-26-12-6-13(27-2)11(5-10(12)19)24-16-15(20)17(23-8-22-16)25-14-4-3-9(18)7-21-14/h3-8H,20H2,1-2H3,(H2,21,22,23,24,25). The molecule has 10 heteroatoms. The van der Waals surface area contributed by atoms with Crippen LogP contribution >= 0.6 is 23.2 Å². The van der Waals surface area contributed by atoms with Crippen LogP contribution in [-0.2, 0) is 0 Å². The van der Waals surface area contributed by atoms with Crippen LogP contribution in [0, 0.1) is 0 Å². The van der Waals surface area contributed by atoms with Gasteiger partial charge in [-0.2, -0.15) is 0 Å². The molecule has 0 aliphatic rings. The molecular formula is C17H16Cl2N6O2. The largest absolute Gasteiger partial charge is 0.495 e. The Balaban J connectivity index is 1.90. The fraction of sp³-hybridized carbons (Fsp3) is 0.118. The van der Waals surface area contributed by atoms with E-state index in [1.807, 2.05) is 0 Å². The van der Waals surface area contributed by atoms with Crippen LogP contribution in [-0.4, -0.2) is 29.2 Å². The van der Waals surface area contributed by atoms with Crippen LogP contribution in [0.15, 0.2) is 36.8 Å². The lowest BCUT2D eigenvalue weighted by Crippen LogP contribution is -2.06. The van der Waals surface area contributed by atoms with E-state index in [2.05, 4.69) is 25.6 Å². The molecule has 1 aromatic carbocycles. The Morgan fingerprint density at radius 2 is 1.63 bits per heavy atom. The van der Waals surface area contributed by atoms with Gasteiger partial charge in [-0.1, -0.05) is 23.2 Å². The van der Waals surface area contributed by atoms with E-state index in [0.717, 1.165) is 0 Å². The monoisotopic (exact) mass is 406 g/mol. The van der Waals surface area contributed by atoms with Gasteiger partial charge in [0.15, 0.2) is 11.6 Å². The Labute approximate surface area is 165 Å². The van der Waals surface area contributed by atoms with Gasteiger partial charge < -0.3 is 25.8 Å². The predicted octanol–water partition coefficient (Wildman–Crippen LogP) is 4.27. The lowest BCUT2D eigenvalue weighted by Gasteiger charge is -2.15. The van der Waals surface area contributed by atoms with E-state index in [1.165, 1.54) is 26.7 Å². The highest BCUT2D eigenvalue weighted by Crippen LogP contribution is 2.38. The number of methoxy groups -OCH3 is 2. The van der Waals surface area contributed by atoms with Gasteiger partial charge in [-0.05, 0) is 18.2 Å². The van der Waals surface area contributed by atoms with Crippen molar-refractivity contribution < 1.29 is 9.47 Å². The zero-order valence-electron chi connectivity index (χ0n) is 14.5. The molecule has 0 atom stereocenters. The maximum Gasteiger partial charge on any atom is 0.160 e. The normalized spacial score (nSPS) is 10.4. The summed E-state index contributed by atoms with van der Waals surface area (Å²) in [6.07, 6.45) is 2.89. The maximum absolute atomic E-state index is 6.20. The lowest BCUT2D eigenvalue weighted by molar-refractivity contribution is 0.396. The van der Waals surface area contributed by atoms with Crippen molar-refractivity contribution in [2.24, 2.45) is 0 Å². The Kier molecular flexibility index (Phi) is 5.68. The van der Waals surface area contributed by atoms with Crippen LogP contribution < -0.4 is 25.8 Å². The third-order valence-electron chi connectivity index (χ3n) is 3.58. The summed E-state index contributed by atoms with van der Waals surface area (Å²) in [4.78, 5) is 12.5. The minimum Gasteiger partial charge on any atom is -0.495 e. The first-order valence-corrected chi connectivity index (χ1v) is 8.45. The van der Waals surface area contributed by atoms with Crippen molar-refractivity contribution in [1.82, 2.24) is 15.0 Å². The smallest absolute Gasteiger partial charge is 0.160 e. The number of rotatable bonds is 6. The number of pyridine rings is 1. The number of benzene rings is 1. The number of nitrogens with zero attached hydrogens (tertiary/aromatic N) is 3. The Bertz CT molecular complexity index is 953. The molecule has 0 aliphatic carbocycles. The number of hydrogen-bond donors (Lipinski definition) is 3. The Morgan fingerprint density at radius 1 is 0.926 bits per heavy atom. The quantitative estimate of drug-likeness (QED) is 0.556. The summed E-state index contributed by atoms with van der Waals surface area (Å²) in [5.74, 6) is 2.32. The average Bonchev–Trinajstić information content (AvgIpc) is 2.67. The third-order valence-corrected chi connectivity index (χ3v) is 4.10. The second kappa shape index (κ2) is 8.15.